The first-order valence-electron chi connectivity index (χ1n) is 8.55. The zero-order valence-corrected chi connectivity index (χ0v) is 13.7. The molecule has 0 bridgehead atoms. The summed E-state index contributed by atoms with van der Waals surface area (Å²) in [6, 6.07) is -0.0889. The van der Waals surface area contributed by atoms with E-state index in [4.69, 9.17) is 0 Å². The van der Waals surface area contributed by atoms with Gasteiger partial charge < -0.3 is 10.2 Å². The van der Waals surface area contributed by atoms with Crippen LogP contribution in [-0.2, 0) is 9.59 Å². The molecule has 3 fully saturated rings. The Bertz CT molecular complexity index is 460. The van der Waals surface area contributed by atoms with Gasteiger partial charge in [-0.1, -0.05) is 20.3 Å². The molecule has 5 atom stereocenters. The van der Waals surface area contributed by atoms with Gasteiger partial charge >= 0.3 is 0 Å². The summed E-state index contributed by atoms with van der Waals surface area (Å²) >= 11 is 0. The summed E-state index contributed by atoms with van der Waals surface area (Å²) < 4.78 is 0. The maximum atomic E-state index is 13.1. The lowest BCUT2D eigenvalue weighted by Crippen LogP contribution is -2.71. The van der Waals surface area contributed by atoms with Gasteiger partial charge in [0.2, 0.25) is 11.8 Å². The van der Waals surface area contributed by atoms with Gasteiger partial charge in [-0.2, -0.15) is 0 Å². The van der Waals surface area contributed by atoms with Crippen molar-refractivity contribution >= 4 is 11.8 Å². The van der Waals surface area contributed by atoms with Crippen LogP contribution < -0.4 is 5.32 Å². The molecule has 3 rings (SSSR count). The highest BCUT2D eigenvalue weighted by Crippen LogP contribution is 2.45. The monoisotopic (exact) mass is 292 g/mol. The second-order valence-corrected chi connectivity index (χ2v) is 7.53. The van der Waals surface area contributed by atoms with Crippen LogP contribution in [0.4, 0.5) is 0 Å². The summed E-state index contributed by atoms with van der Waals surface area (Å²) in [5, 5.41) is 3.02. The van der Waals surface area contributed by atoms with Crippen LogP contribution in [0.3, 0.4) is 0 Å². The lowest BCUT2D eigenvalue weighted by atomic mass is 9.86. The average molecular weight is 292 g/mol. The number of amides is 2. The fraction of sp³-hybridized carbons (Fsp3) is 0.882. The quantitative estimate of drug-likeness (QED) is 0.868. The molecule has 0 radical (unpaired) electrons. The maximum Gasteiger partial charge on any atom is 0.249 e. The van der Waals surface area contributed by atoms with E-state index < -0.39 is 5.54 Å². The van der Waals surface area contributed by atoms with Crippen molar-refractivity contribution in [3.05, 3.63) is 0 Å². The first-order valence-corrected chi connectivity index (χ1v) is 8.55. The molecule has 1 saturated heterocycles. The summed E-state index contributed by atoms with van der Waals surface area (Å²) in [6.45, 7) is 8.30. The Morgan fingerprint density at radius 2 is 1.86 bits per heavy atom. The minimum absolute atomic E-state index is 0.0242. The molecule has 0 aromatic rings. The number of hydrogen-bond acceptors (Lipinski definition) is 2. The molecule has 0 spiro atoms. The summed E-state index contributed by atoms with van der Waals surface area (Å²) in [5.74, 6) is 1.70. The Labute approximate surface area is 127 Å². The third-order valence-corrected chi connectivity index (χ3v) is 6.32. The second-order valence-electron chi connectivity index (χ2n) is 7.53. The minimum atomic E-state index is -0.659. The first kappa shape index (κ1) is 14.9. The second kappa shape index (κ2) is 4.99. The van der Waals surface area contributed by atoms with Gasteiger partial charge in [0.05, 0.1) is 0 Å². The van der Waals surface area contributed by atoms with Crippen molar-refractivity contribution in [2.45, 2.75) is 77.4 Å². The molecule has 118 valence electrons. The van der Waals surface area contributed by atoms with Crippen molar-refractivity contribution < 1.29 is 9.59 Å². The Hall–Kier alpha value is -1.06. The highest BCUT2D eigenvalue weighted by atomic mass is 16.2. The predicted octanol–water partition coefficient (Wildman–Crippen LogP) is 2.33. The minimum Gasteiger partial charge on any atom is -0.340 e. The van der Waals surface area contributed by atoms with E-state index in [1.165, 1.54) is 12.8 Å². The van der Waals surface area contributed by atoms with E-state index in [0.29, 0.717) is 17.8 Å². The van der Waals surface area contributed by atoms with E-state index in [9.17, 15) is 9.59 Å². The Morgan fingerprint density at radius 3 is 2.38 bits per heavy atom. The highest BCUT2D eigenvalue weighted by molar-refractivity contribution is 6.00. The molecule has 2 saturated carbocycles. The molecule has 4 nitrogen and oxygen atoms in total. The standard InChI is InChI=1S/C17H28N2O2/c1-5-12-6-9-14(10(12)2)19-11(3)15(20)18-17(4,16(19)21)13-7-8-13/h10-14H,5-9H2,1-4H3,(H,18,20). The predicted molar refractivity (Wildman–Crippen MR) is 81.5 cm³/mol. The molecule has 5 unspecified atom stereocenters. The zero-order valence-electron chi connectivity index (χ0n) is 13.7. The Balaban J connectivity index is 1.88. The molecule has 2 aliphatic carbocycles. The van der Waals surface area contributed by atoms with Gasteiger partial charge in [0.15, 0.2) is 0 Å². The van der Waals surface area contributed by atoms with Crippen molar-refractivity contribution in [3.63, 3.8) is 0 Å². The molecule has 0 aromatic carbocycles. The van der Waals surface area contributed by atoms with Crippen molar-refractivity contribution in [3.8, 4) is 0 Å². The summed E-state index contributed by atoms with van der Waals surface area (Å²) in [6.07, 6.45) is 5.51. The average Bonchev–Trinajstić information content (AvgIpc) is 3.24. The largest absolute Gasteiger partial charge is 0.340 e. The van der Waals surface area contributed by atoms with Crippen molar-refractivity contribution in [2.75, 3.05) is 0 Å². The highest BCUT2D eigenvalue weighted by Gasteiger charge is 2.56. The molecular weight excluding hydrogens is 264 g/mol. The topological polar surface area (TPSA) is 49.4 Å². The molecule has 4 heteroatoms. The maximum absolute atomic E-state index is 13.1. The van der Waals surface area contributed by atoms with Gasteiger partial charge in [-0.3, -0.25) is 9.59 Å². The molecule has 0 aromatic heterocycles. The van der Waals surface area contributed by atoms with Gasteiger partial charge in [0, 0.05) is 6.04 Å². The molecular formula is C17H28N2O2. The number of nitrogens with zero attached hydrogens (tertiary/aromatic N) is 1. The lowest BCUT2D eigenvalue weighted by Gasteiger charge is -2.47. The van der Waals surface area contributed by atoms with Crippen molar-refractivity contribution in [2.24, 2.45) is 17.8 Å². The Kier molecular flexibility index (Phi) is 3.53. The van der Waals surface area contributed by atoms with Gasteiger partial charge in [0.1, 0.15) is 11.6 Å². The van der Waals surface area contributed by atoms with Crippen molar-refractivity contribution in [1.82, 2.24) is 10.2 Å². The molecule has 1 heterocycles. The van der Waals surface area contributed by atoms with Crippen LogP contribution in [-0.4, -0.2) is 34.3 Å². The van der Waals surface area contributed by atoms with E-state index in [-0.39, 0.29) is 23.9 Å². The van der Waals surface area contributed by atoms with Crippen LogP contribution in [0.1, 0.15) is 59.8 Å². The lowest BCUT2D eigenvalue weighted by molar-refractivity contribution is -0.158. The van der Waals surface area contributed by atoms with Gasteiger partial charge in [-0.15, -0.1) is 0 Å². The van der Waals surface area contributed by atoms with Crippen LogP contribution in [0.5, 0.6) is 0 Å². The van der Waals surface area contributed by atoms with Crippen LogP contribution in [0.25, 0.3) is 0 Å². The molecule has 2 amide bonds. The van der Waals surface area contributed by atoms with E-state index in [2.05, 4.69) is 19.2 Å². The summed E-state index contributed by atoms with van der Waals surface area (Å²) in [4.78, 5) is 27.5. The molecule has 3 aliphatic rings. The molecule has 1 N–H and O–H groups in total. The molecule has 21 heavy (non-hydrogen) atoms. The van der Waals surface area contributed by atoms with E-state index in [1.54, 1.807) is 0 Å². The number of rotatable bonds is 3. The summed E-state index contributed by atoms with van der Waals surface area (Å²) in [5.41, 5.74) is -0.659. The summed E-state index contributed by atoms with van der Waals surface area (Å²) in [7, 11) is 0. The number of piperazine rings is 1. The van der Waals surface area contributed by atoms with E-state index in [0.717, 1.165) is 19.3 Å². The first-order chi connectivity index (χ1) is 9.90. The smallest absolute Gasteiger partial charge is 0.249 e. The van der Waals surface area contributed by atoms with Crippen LogP contribution in [0.15, 0.2) is 0 Å². The van der Waals surface area contributed by atoms with E-state index >= 15 is 0 Å². The number of nitrogens with one attached hydrogen (secondary N) is 1. The fourth-order valence-electron chi connectivity index (χ4n) is 4.55. The van der Waals surface area contributed by atoms with Gasteiger partial charge in [0.25, 0.3) is 0 Å². The number of carbonyl (C=O) groups excluding carboxylic acids is 2. The normalized spacial score (nSPS) is 44.1. The third-order valence-electron chi connectivity index (χ3n) is 6.32. The van der Waals surface area contributed by atoms with Crippen LogP contribution >= 0.6 is 0 Å². The van der Waals surface area contributed by atoms with Crippen LogP contribution in [0.2, 0.25) is 0 Å². The van der Waals surface area contributed by atoms with Crippen LogP contribution in [0, 0.1) is 17.8 Å². The molecule has 1 aliphatic heterocycles. The number of hydrogen-bond donors (Lipinski definition) is 1. The number of carbonyl (C=O) groups is 2. The fourth-order valence-corrected chi connectivity index (χ4v) is 4.55. The van der Waals surface area contributed by atoms with Crippen molar-refractivity contribution in [1.29, 1.82) is 0 Å². The zero-order chi connectivity index (χ0) is 15.4. The third kappa shape index (κ3) is 2.18. The van der Waals surface area contributed by atoms with Gasteiger partial charge in [-0.25, -0.2) is 0 Å². The van der Waals surface area contributed by atoms with Gasteiger partial charge in [-0.05, 0) is 57.3 Å². The van der Waals surface area contributed by atoms with E-state index in [1.807, 2.05) is 18.7 Å². The SMILES string of the molecule is CCC1CCC(N2C(=O)C(C)(C3CC3)NC(=O)C2C)C1C. The Morgan fingerprint density at radius 1 is 1.19 bits per heavy atom.